The number of halogens is 1. The highest BCUT2D eigenvalue weighted by Gasteiger charge is 2.50. The van der Waals surface area contributed by atoms with Crippen LogP contribution in [0.5, 0.6) is 0 Å². The van der Waals surface area contributed by atoms with Crippen molar-refractivity contribution in [2.75, 3.05) is 40.8 Å². The molecule has 0 bridgehead atoms. The van der Waals surface area contributed by atoms with Gasteiger partial charge in [-0.25, -0.2) is 9.55 Å². The lowest BCUT2D eigenvalue weighted by Gasteiger charge is -2.51. The fourth-order valence-electron chi connectivity index (χ4n) is 5.91. The van der Waals surface area contributed by atoms with Gasteiger partial charge in [0.25, 0.3) is 5.91 Å². The molecule has 1 aliphatic heterocycles. The van der Waals surface area contributed by atoms with Crippen LogP contribution in [0, 0.1) is 5.21 Å². The van der Waals surface area contributed by atoms with Gasteiger partial charge < -0.3 is 20.3 Å². The number of primary amides is 1. The fourth-order valence-corrected chi connectivity index (χ4v) is 6.11. The number of amides is 3. The van der Waals surface area contributed by atoms with Crippen LogP contribution in [-0.4, -0.2) is 89.7 Å². The molecule has 224 valence electrons. The smallest absolute Gasteiger partial charge is 0.387 e. The zero-order valence-corrected chi connectivity index (χ0v) is 25.8. The predicted molar refractivity (Wildman–Crippen MR) is 165 cm³/mol. The van der Waals surface area contributed by atoms with Crippen molar-refractivity contribution < 1.29 is 23.6 Å². The third-order valence-electron chi connectivity index (χ3n) is 7.98. The standard InChI is InChI=1S/C32H40ClN5O4/c1-6-38(42,29(39)21-37(3,4)5)36-22(2)17-18-35(32(41)30(36)25-14-10-15-26(33)19-25)28(31(34)40)20-24-13-9-12-23-11-7-8-16-27(23)24/h7-16,19,22,28,30H,6,17-18,20-21H2,1-5H3,(H-,34,40)/p+1/t22-,28-,30+,38?/m1/s1. The molecule has 0 aliphatic carbocycles. The number of carbonyl (C=O) groups is 3. The summed E-state index contributed by atoms with van der Waals surface area (Å²) in [4.78, 5) is 42.9. The number of hydrogen-bond donors (Lipinski definition) is 1. The zero-order valence-electron chi connectivity index (χ0n) is 25.0. The summed E-state index contributed by atoms with van der Waals surface area (Å²) in [5.74, 6) is -1.65. The Morgan fingerprint density at radius 1 is 1.07 bits per heavy atom. The Morgan fingerprint density at radius 2 is 1.74 bits per heavy atom. The molecular formula is C32H41ClN5O4+. The number of benzene rings is 3. The first-order chi connectivity index (χ1) is 19.8. The monoisotopic (exact) mass is 594 g/mol. The summed E-state index contributed by atoms with van der Waals surface area (Å²) in [6.45, 7) is 3.58. The van der Waals surface area contributed by atoms with Crippen LogP contribution in [0.25, 0.3) is 10.8 Å². The van der Waals surface area contributed by atoms with Gasteiger partial charge in [-0.3, -0.25) is 9.59 Å². The van der Waals surface area contributed by atoms with Gasteiger partial charge in [0.05, 0.1) is 27.2 Å². The van der Waals surface area contributed by atoms with Crippen LogP contribution < -0.4 is 5.73 Å². The summed E-state index contributed by atoms with van der Waals surface area (Å²) in [7, 11) is 5.53. The molecule has 1 heterocycles. The van der Waals surface area contributed by atoms with E-state index in [1.165, 1.54) is 9.91 Å². The third kappa shape index (κ3) is 6.50. The molecule has 0 aromatic heterocycles. The minimum absolute atomic E-state index is 0.0221. The molecule has 1 saturated heterocycles. The maximum Gasteiger partial charge on any atom is 0.387 e. The van der Waals surface area contributed by atoms with Crippen LogP contribution in [0.2, 0.25) is 5.02 Å². The van der Waals surface area contributed by atoms with Crippen molar-refractivity contribution in [2.45, 2.75) is 44.8 Å². The van der Waals surface area contributed by atoms with E-state index in [-0.39, 0.29) is 30.5 Å². The van der Waals surface area contributed by atoms with Crippen LogP contribution in [-0.2, 0) is 20.8 Å². The Morgan fingerprint density at radius 3 is 2.38 bits per heavy atom. The SMILES string of the molecule is CC[N+]([O-])(C(=O)C[N+](C)(C)C)N1[C@H](C)CCN([C@H](Cc2cccc3ccccc23)C(N)=O)C(=O)[C@@H]1c1cccc(Cl)c1. The quantitative estimate of drug-likeness (QED) is 0.297. The van der Waals surface area contributed by atoms with E-state index in [0.717, 1.165) is 16.3 Å². The second kappa shape index (κ2) is 12.5. The number of rotatable bonds is 9. The van der Waals surface area contributed by atoms with Crippen molar-refractivity contribution in [1.29, 1.82) is 0 Å². The van der Waals surface area contributed by atoms with Gasteiger partial charge in [-0.1, -0.05) is 66.2 Å². The molecule has 2 N–H and O–H groups in total. The second-order valence-corrected chi connectivity index (χ2v) is 12.6. The van der Waals surface area contributed by atoms with Gasteiger partial charge in [-0.15, -0.1) is 5.01 Å². The van der Waals surface area contributed by atoms with Crippen molar-refractivity contribution in [3.63, 3.8) is 0 Å². The maximum atomic E-state index is 14.7. The van der Waals surface area contributed by atoms with E-state index in [4.69, 9.17) is 17.3 Å². The lowest BCUT2D eigenvalue weighted by Crippen LogP contribution is -2.67. The Balaban J connectivity index is 1.83. The molecule has 4 rings (SSSR count). The third-order valence-corrected chi connectivity index (χ3v) is 8.22. The number of hydroxylamine groups is 2. The summed E-state index contributed by atoms with van der Waals surface area (Å²) in [6, 6.07) is 17.9. The predicted octanol–water partition coefficient (Wildman–Crippen LogP) is 4.04. The van der Waals surface area contributed by atoms with Crippen LogP contribution in [0.3, 0.4) is 0 Å². The maximum absolute atomic E-state index is 14.7. The van der Waals surface area contributed by atoms with Crippen molar-refractivity contribution in [3.05, 3.63) is 88.1 Å². The Kier molecular flexibility index (Phi) is 9.39. The zero-order chi connectivity index (χ0) is 30.8. The largest absolute Gasteiger partial charge is 0.604 e. The van der Waals surface area contributed by atoms with Gasteiger partial charge in [0, 0.05) is 18.0 Å². The highest BCUT2D eigenvalue weighted by atomic mass is 35.5. The molecule has 0 spiro atoms. The van der Waals surface area contributed by atoms with Crippen LogP contribution >= 0.6 is 11.6 Å². The molecule has 0 saturated carbocycles. The van der Waals surface area contributed by atoms with Crippen LogP contribution in [0.15, 0.2) is 66.7 Å². The number of fused-ring (bicyclic) bond motifs is 1. The van der Waals surface area contributed by atoms with Crippen molar-refractivity contribution in [2.24, 2.45) is 5.73 Å². The van der Waals surface area contributed by atoms with E-state index >= 15 is 0 Å². The minimum atomic E-state index is -1.31. The van der Waals surface area contributed by atoms with Crippen molar-refractivity contribution in [1.82, 2.24) is 9.91 Å². The molecule has 4 atom stereocenters. The normalized spacial score (nSPS) is 20.6. The molecule has 1 unspecified atom stereocenters. The van der Waals surface area contributed by atoms with Gasteiger partial charge >= 0.3 is 5.91 Å². The summed E-state index contributed by atoms with van der Waals surface area (Å²) in [5.41, 5.74) is 7.35. The number of nitrogens with two attached hydrogens (primary N) is 1. The number of carbonyl (C=O) groups excluding carboxylic acids is 3. The molecule has 0 radical (unpaired) electrons. The molecule has 9 nitrogen and oxygen atoms in total. The first-order valence-electron chi connectivity index (χ1n) is 14.3. The van der Waals surface area contributed by atoms with E-state index in [9.17, 15) is 19.6 Å². The number of nitrogens with zero attached hydrogens (tertiary/aromatic N) is 4. The van der Waals surface area contributed by atoms with Crippen molar-refractivity contribution >= 4 is 40.1 Å². The van der Waals surface area contributed by atoms with E-state index in [0.29, 0.717) is 17.0 Å². The molecule has 3 amide bonds. The lowest BCUT2D eigenvalue weighted by molar-refractivity contribution is -0.948. The molecule has 3 aromatic carbocycles. The second-order valence-electron chi connectivity index (χ2n) is 12.1. The summed E-state index contributed by atoms with van der Waals surface area (Å²) in [6.07, 6.45) is 0.576. The van der Waals surface area contributed by atoms with E-state index in [2.05, 4.69) is 0 Å². The van der Waals surface area contributed by atoms with Gasteiger partial charge in [0.2, 0.25) is 5.91 Å². The van der Waals surface area contributed by atoms with E-state index in [1.807, 2.05) is 70.5 Å². The molecular weight excluding hydrogens is 554 g/mol. The summed E-state index contributed by atoms with van der Waals surface area (Å²) in [5, 5.41) is 18.5. The lowest BCUT2D eigenvalue weighted by atomic mass is 9.96. The Hall–Kier alpha value is -3.34. The molecule has 1 fully saturated rings. The molecule has 10 heteroatoms. The highest BCUT2D eigenvalue weighted by Crippen LogP contribution is 2.37. The molecule has 3 aromatic rings. The van der Waals surface area contributed by atoms with Crippen LogP contribution in [0.4, 0.5) is 0 Å². The first kappa shape index (κ1) is 31.6. The molecule has 42 heavy (non-hydrogen) atoms. The fraction of sp³-hybridized carbons (Fsp3) is 0.406. The Labute approximate surface area is 252 Å². The average Bonchev–Trinajstić information content (AvgIpc) is 3.06. The molecule has 1 aliphatic rings. The minimum Gasteiger partial charge on any atom is -0.604 e. The average molecular weight is 595 g/mol. The van der Waals surface area contributed by atoms with Gasteiger partial charge in [0.15, 0.2) is 12.6 Å². The first-order valence-corrected chi connectivity index (χ1v) is 14.7. The topological polar surface area (TPSA) is 107 Å². The Bertz CT molecular complexity index is 1470. The van der Waals surface area contributed by atoms with Gasteiger partial charge in [-0.05, 0) is 54.3 Å². The number of likely N-dealkylation sites (N-methyl/N-ethyl adjacent to an activating group) is 2. The van der Waals surface area contributed by atoms with Gasteiger partial charge in [0.1, 0.15) is 12.6 Å². The van der Waals surface area contributed by atoms with Gasteiger partial charge in [-0.2, -0.15) is 0 Å². The number of hydrogen-bond acceptors (Lipinski definition) is 5. The highest BCUT2D eigenvalue weighted by molar-refractivity contribution is 6.30. The van der Waals surface area contributed by atoms with E-state index < -0.39 is 40.6 Å². The number of quaternary nitrogens is 2. The van der Waals surface area contributed by atoms with E-state index in [1.54, 1.807) is 31.2 Å². The summed E-state index contributed by atoms with van der Waals surface area (Å²) >= 11 is 6.38. The van der Waals surface area contributed by atoms with Crippen LogP contribution in [0.1, 0.15) is 37.4 Å². The van der Waals surface area contributed by atoms with Crippen molar-refractivity contribution in [3.8, 4) is 0 Å². The summed E-state index contributed by atoms with van der Waals surface area (Å²) < 4.78 is -1.04.